The van der Waals surface area contributed by atoms with Crippen molar-refractivity contribution < 1.29 is 63.7 Å². The Kier molecular flexibility index (Phi) is 19.7. The van der Waals surface area contributed by atoms with Crippen molar-refractivity contribution in [3.8, 4) is 0 Å². The largest absolute Gasteiger partial charge is 0.460 e. The Morgan fingerprint density at radius 2 is 1.56 bits per heavy atom. The van der Waals surface area contributed by atoms with E-state index in [1.807, 2.05) is 51.2 Å². The van der Waals surface area contributed by atoms with Crippen LogP contribution in [0.5, 0.6) is 0 Å². The third kappa shape index (κ3) is 13.8. The zero-order valence-electron chi connectivity index (χ0n) is 38.7. The van der Waals surface area contributed by atoms with E-state index < -0.39 is 102 Å². The molecule has 3 aliphatic heterocycles. The van der Waals surface area contributed by atoms with Crippen LogP contribution in [-0.2, 0) is 38.2 Å². The number of hydrogen-bond acceptors (Lipinski definition) is 13. The Labute approximate surface area is 373 Å². The number of carbonyl (C=O) groups is 5. The minimum atomic E-state index is -2.44. The van der Waals surface area contributed by atoms with Crippen molar-refractivity contribution in [1.29, 1.82) is 0 Å². The fourth-order valence-corrected chi connectivity index (χ4v) is 9.66. The predicted molar refractivity (Wildman–Crippen MR) is 236 cm³/mol. The number of aliphatic hydroxyl groups excluding tert-OH is 4. The maximum absolute atomic E-state index is 14.2. The zero-order valence-corrected chi connectivity index (χ0v) is 38.7. The number of ketones is 3. The molecule has 1 aliphatic carbocycles. The van der Waals surface area contributed by atoms with Gasteiger partial charge in [-0.1, -0.05) is 71.1 Å². The minimum absolute atomic E-state index is 0.0275. The molecule has 0 spiro atoms. The van der Waals surface area contributed by atoms with E-state index in [2.05, 4.69) is 0 Å². The van der Waals surface area contributed by atoms with E-state index in [-0.39, 0.29) is 42.6 Å². The van der Waals surface area contributed by atoms with Crippen molar-refractivity contribution in [2.45, 2.75) is 180 Å². The van der Waals surface area contributed by atoms with E-state index in [1.165, 1.54) is 13.0 Å². The first kappa shape index (κ1) is 52.3. The first-order valence-electron chi connectivity index (χ1n) is 23.2. The molecule has 2 bridgehead atoms. The number of ether oxygens (including phenoxy) is 3. The third-order valence-corrected chi connectivity index (χ3v) is 14.0. The molecule has 1 unspecified atom stereocenters. The van der Waals surface area contributed by atoms with E-state index in [1.54, 1.807) is 27.9 Å². The second kappa shape index (κ2) is 23.7. The number of amides is 1. The van der Waals surface area contributed by atoms with Crippen LogP contribution < -0.4 is 0 Å². The van der Waals surface area contributed by atoms with Crippen molar-refractivity contribution >= 4 is 29.2 Å². The molecule has 14 heteroatoms. The summed E-state index contributed by atoms with van der Waals surface area (Å²) >= 11 is 0. The van der Waals surface area contributed by atoms with E-state index in [4.69, 9.17) is 14.2 Å². The lowest BCUT2D eigenvalue weighted by Gasteiger charge is -2.42. The summed E-state index contributed by atoms with van der Waals surface area (Å²) < 4.78 is 18.1. The zero-order chi connectivity index (χ0) is 46.8. The molecule has 0 aromatic rings. The second-order valence-electron chi connectivity index (χ2n) is 19.2. The highest BCUT2D eigenvalue weighted by atomic mass is 16.6. The first-order valence-corrected chi connectivity index (χ1v) is 23.2. The molecule has 3 heterocycles. The van der Waals surface area contributed by atoms with Gasteiger partial charge in [-0.2, -0.15) is 0 Å². The maximum Gasteiger partial charge on any atom is 0.329 e. The summed E-state index contributed by atoms with van der Waals surface area (Å²) in [6.45, 7) is 12.3. The van der Waals surface area contributed by atoms with Crippen LogP contribution >= 0.6 is 0 Å². The van der Waals surface area contributed by atoms with E-state index >= 15 is 0 Å². The van der Waals surface area contributed by atoms with E-state index in [0.29, 0.717) is 64.2 Å². The first-order chi connectivity index (χ1) is 29.7. The SMILES string of the molecule is CO[C@H]1C[C@@H]2CC[C@@H](C)[C@@](O)(O2)C(=O)C(=O)N2CCCC[C@H]2C(=O)O[C@H]([C@H](C)CC2CC[C@H](O)[C@@H](O)C2)CC(=O)[C@H](C)/C=C(\C)[C@@H](O)[C@@H](O)C(=O)[C@H](C)C[C@H](C)/C=C/C=C/C=C/1C. The monoisotopic (exact) mass is 886 g/mol. The number of carbonyl (C=O) groups excluding carboxylic acids is 5. The molecule has 1 saturated carbocycles. The van der Waals surface area contributed by atoms with Gasteiger partial charge in [-0.3, -0.25) is 19.2 Å². The average Bonchev–Trinajstić information content (AvgIpc) is 3.25. The van der Waals surface area contributed by atoms with E-state index in [9.17, 15) is 49.5 Å². The van der Waals surface area contributed by atoms with Crippen LogP contribution in [0, 0.1) is 35.5 Å². The van der Waals surface area contributed by atoms with Crippen molar-refractivity contribution in [2.24, 2.45) is 35.5 Å². The number of methoxy groups -OCH3 is 1. The van der Waals surface area contributed by atoms with Crippen molar-refractivity contribution in [3.63, 3.8) is 0 Å². The maximum atomic E-state index is 14.2. The quantitative estimate of drug-likeness (QED) is 0.145. The molecule has 0 radical (unpaired) electrons. The molecule has 15 atom stereocenters. The highest BCUT2D eigenvalue weighted by Crippen LogP contribution is 2.37. The van der Waals surface area contributed by atoms with Gasteiger partial charge in [-0.15, -0.1) is 0 Å². The van der Waals surface area contributed by atoms with Crippen LogP contribution in [0.2, 0.25) is 0 Å². The fourth-order valence-electron chi connectivity index (χ4n) is 9.66. The summed E-state index contributed by atoms with van der Waals surface area (Å²) in [5.74, 6) is -8.92. The van der Waals surface area contributed by atoms with Crippen molar-refractivity contribution in [2.75, 3.05) is 13.7 Å². The molecule has 0 aromatic carbocycles. The molecule has 4 aliphatic rings. The van der Waals surface area contributed by atoms with Crippen LogP contribution in [0.15, 0.2) is 47.6 Å². The van der Waals surface area contributed by atoms with Crippen molar-refractivity contribution in [3.05, 3.63) is 47.6 Å². The highest BCUT2D eigenvalue weighted by Gasteiger charge is 2.53. The summed E-state index contributed by atoms with van der Waals surface area (Å²) in [7, 11) is 1.56. The predicted octanol–water partition coefficient (Wildman–Crippen LogP) is 4.87. The summed E-state index contributed by atoms with van der Waals surface area (Å²) in [5, 5.41) is 54.5. The normalized spacial score (nSPS) is 41.3. The molecule has 3 fully saturated rings. The number of aliphatic hydroxyl groups is 5. The van der Waals surface area contributed by atoms with Crippen molar-refractivity contribution in [1.82, 2.24) is 4.90 Å². The summed E-state index contributed by atoms with van der Waals surface area (Å²) in [4.78, 5) is 70.9. The summed E-state index contributed by atoms with van der Waals surface area (Å²) in [6.07, 6.45) is 8.26. The average molecular weight is 886 g/mol. The highest BCUT2D eigenvalue weighted by molar-refractivity contribution is 6.39. The molecular weight excluding hydrogens is 811 g/mol. The molecule has 63 heavy (non-hydrogen) atoms. The van der Waals surface area contributed by atoms with Crippen LogP contribution in [0.1, 0.15) is 126 Å². The number of rotatable bonds is 4. The summed E-state index contributed by atoms with van der Waals surface area (Å²) in [5.41, 5.74) is 1.09. The number of Topliss-reactive ketones (excluding diaryl/α,β-unsaturated/α-hetero) is 3. The van der Waals surface area contributed by atoms with Gasteiger partial charge >= 0.3 is 5.97 Å². The fraction of sp³-hybridized carbons (Fsp3) is 0.735. The van der Waals surface area contributed by atoms with Gasteiger partial charge < -0.3 is 44.6 Å². The van der Waals surface area contributed by atoms with Gasteiger partial charge in [0.15, 0.2) is 5.78 Å². The molecule has 4 rings (SSSR count). The van der Waals surface area contributed by atoms with Crippen LogP contribution in [0.25, 0.3) is 0 Å². The molecule has 354 valence electrons. The Bertz CT molecular complexity index is 1720. The molecule has 5 N–H and O–H groups in total. The topological polar surface area (TPSA) is 217 Å². The smallest absolute Gasteiger partial charge is 0.329 e. The van der Waals surface area contributed by atoms with Crippen LogP contribution in [-0.4, -0.2) is 128 Å². The number of fused-ring (bicyclic) bond motifs is 3. The van der Waals surface area contributed by atoms with Gasteiger partial charge in [0, 0.05) is 44.2 Å². The molecule has 0 aromatic heterocycles. The Balaban J connectivity index is 1.68. The van der Waals surface area contributed by atoms with Gasteiger partial charge in [-0.05, 0) is 107 Å². The van der Waals surface area contributed by atoms with Gasteiger partial charge in [0.1, 0.15) is 30.1 Å². The van der Waals surface area contributed by atoms with Gasteiger partial charge in [-0.25, -0.2) is 4.79 Å². The van der Waals surface area contributed by atoms with Gasteiger partial charge in [0.05, 0.1) is 24.4 Å². The number of esters is 1. The lowest BCUT2D eigenvalue weighted by atomic mass is 9.78. The summed E-state index contributed by atoms with van der Waals surface area (Å²) in [6, 6.07) is -1.17. The standard InChI is InChI=1S/C49H75NO13/c1-28-14-10-9-11-15-29(2)41(61-8)26-36-19-17-34(7)49(60,63-36)46(57)47(58)50-21-13-12-16-37(50)48(59)62-42(31(4)24-35-18-20-38(51)40(53)25-35)27-39(52)30(3)23-33(6)44(55)45(56)43(54)32(5)22-28/h9-11,14-15,23,28,30-32,34-38,40-42,44-45,51,53,55-56,60H,12-13,16-22,24-27H2,1-8H3/b11-9+,14-10+,29-15+,33-23+/t28-,30-,31-,32-,34-,35?,36+,37+,38+,40+,41+,42+,44-,45+,49-/m1/s1. The van der Waals surface area contributed by atoms with Crippen LogP contribution in [0.4, 0.5) is 0 Å². The number of nitrogens with zero attached hydrogens (tertiary/aromatic N) is 1. The Morgan fingerprint density at radius 3 is 2.24 bits per heavy atom. The number of hydrogen-bond donors (Lipinski definition) is 5. The number of allylic oxidation sites excluding steroid dienone is 6. The van der Waals surface area contributed by atoms with Crippen LogP contribution in [0.3, 0.4) is 0 Å². The molecular formula is C49H75NO13. The molecule has 1 amide bonds. The Hall–Kier alpha value is -3.37. The number of cyclic esters (lactones) is 1. The van der Waals surface area contributed by atoms with Gasteiger partial charge in [0.25, 0.3) is 11.7 Å². The number of piperidine rings is 1. The molecule has 14 nitrogen and oxygen atoms in total. The third-order valence-electron chi connectivity index (χ3n) is 14.0. The van der Waals surface area contributed by atoms with E-state index in [0.717, 1.165) is 10.5 Å². The molecule has 2 saturated heterocycles. The minimum Gasteiger partial charge on any atom is -0.460 e. The second-order valence-corrected chi connectivity index (χ2v) is 19.2. The lowest BCUT2D eigenvalue weighted by molar-refractivity contribution is -0.265. The Morgan fingerprint density at radius 1 is 0.841 bits per heavy atom. The lowest BCUT2D eigenvalue weighted by Crippen LogP contribution is -2.61. The van der Waals surface area contributed by atoms with Gasteiger partial charge in [0.2, 0.25) is 5.79 Å².